The molecular formula is C32H45N3O4S. The van der Waals surface area contributed by atoms with Crippen LogP contribution in [0.4, 0.5) is 0 Å². The number of aliphatic hydroxyl groups is 1. The van der Waals surface area contributed by atoms with Gasteiger partial charge in [0.2, 0.25) is 17.7 Å². The van der Waals surface area contributed by atoms with Crippen LogP contribution in [-0.4, -0.2) is 84.8 Å². The zero-order chi connectivity index (χ0) is 29.5. The summed E-state index contributed by atoms with van der Waals surface area (Å²) < 4.78 is -1.22. The largest absolute Gasteiger partial charge is 0.394 e. The zero-order valence-electron chi connectivity index (χ0n) is 24.6. The number of hydrogen-bond donors (Lipinski definition) is 1. The van der Waals surface area contributed by atoms with Crippen LogP contribution in [0.5, 0.6) is 0 Å². The molecule has 0 aliphatic carbocycles. The normalized spacial score (nSPS) is 29.7. The Morgan fingerprint density at radius 3 is 2.35 bits per heavy atom. The van der Waals surface area contributed by atoms with E-state index in [2.05, 4.69) is 20.1 Å². The second-order valence-corrected chi connectivity index (χ2v) is 14.5. The molecule has 2 bridgehead atoms. The molecule has 218 valence electrons. The highest BCUT2D eigenvalue weighted by atomic mass is 32.2. The minimum absolute atomic E-state index is 0.0382. The molecule has 7 nitrogen and oxygen atoms in total. The second-order valence-electron chi connectivity index (χ2n) is 12.6. The zero-order valence-corrected chi connectivity index (χ0v) is 25.5. The van der Waals surface area contributed by atoms with Crippen LogP contribution in [0.25, 0.3) is 0 Å². The maximum Gasteiger partial charge on any atom is 0.247 e. The van der Waals surface area contributed by atoms with Crippen molar-refractivity contribution in [1.29, 1.82) is 0 Å². The van der Waals surface area contributed by atoms with Gasteiger partial charge in [-0.2, -0.15) is 0 Å². The quantitative estimate of drug-likeness (QED) is 0.400. The third kappa shape index (κ3) is 4.81. The van der Waals surface area contributed by atoms with Gasteiger partial charge in [-0.05, 0) is 52.5 Å². The van der Waals surface area contributed by atoms with Crippen LogP contribution in [0.3, 0.4) is 0 Å². The van der Waals surface area contributed by atoms with Crippen molar-refractivity contribution in [2.75, 3.05) is 26.2 Å². The molecule has 1 spiro atoms. The Balaban J connectivity index is 1.89. The van der Waals surface area contributed by atoms with Gasteiger partial charge in [0.05, 0.1) is 29.2 Å². The Morgan fingerprint density at radius 1 is 1.15 bits per heavy atom. The number of rotatable bonds is 11. The van der Waals surface area contributed by atoms with E-state index < -0.39 is 39.0 Å². The molecule has 1 N–H and O–H groups in total. The van der Waals surface area contributed by atoms with Gasteiger partial charge in [-0.3, -0.25) is 14.4 Å². The molecule has 3 amide bonds. The molecule has 1 aromatic carbocycles. The van der Waals surface area contributed by atoms with E-state index >= 15 is 0 Å². The van der Waals surface area contributed by atoms with Gasteiger partial charge in [0, 0.05) is 29.9 Å². The molecule has 4 rings (SSSR count). The number of likely N-dealkylation sites (tertiary alicyclic amines) is 1. The van der Waals surface area contributed by atoms with Crippen LogP contribution >= 0.6 is 11.8 Å². The summed E-state index contributed by atoms with van der Waals surface area (Å²) in [7, 11) is 0. The fourth-order valence-corrected chi connectivity index (χ4v) is 9.60. The molecule has 3 aliphatic heterocycles. The summed E-state index contributed by atoms with van der Waals surface area (Å²) in [5, 5.41) is 10.7. The van der Waals surface area contributed by atoms with E-state index in [1.807, 2.05) is 62.9 Å². The van der Waals surface area contributed by atoms with Gasteiger partial charge >= 0.3 is 0 Å². The van der Waals surface area contributed by atoms with Crippen LogP contribution in [0.15, 0.2) is 55.6 Å². The molecule has 0 aromatic heterocycles. The minimum atomic E-state index is -0.815. The van der Waals surface area contributed by atoms with Crippen LogP contribution in [0.1, 0.15) is 65.5 Å². The van der Waals surface area contributed by atoms with Crippen molar-refractivity contribution < 1.29 is 19.5 Å². The van der Waals surface area contributed by atoms with Crippen molar-refractivity contribution in [2.24, 2.45) is 11.8 Å². The number of carbonyl (C=O) groups excluding carboxylic acids is 3. The summed E-state index contributed by atoms with van der Waals surface area (Å²) in [4.78, 5) is 48.9. The number of amides is 3. The summed E-state index contributed by atoms with van der Waals surface area (Å²) >= 11 is 1.66. The third-order valence-corrected chi connectivity index (χ3v) is 10.9. The first kappa shape index (κ1) is 30.4. The predicted molar refractivity (Wildman–Crippen MR) is 161 cm³/mol. The highest BCUT2D eigenvalue weighted by molar-refractivity contribution is 8.02. The topological polar surface area (TPSA) is 81.2 Å². The molecular weight excluding hydrogens is 522 g/mol. The Morgan fingerprint density at radius 2 is 1.80 bits per heavy atom. The Bertz CT molecular complexity index is 1150. The van der Waals surface area contributed by atoms with Crippen LogP contribution < -0.4 is 0 Å². The lowest BCUT2D eigenvalue weighted by Crippen LogP contribution is -2.59. The van der Waals surface area contributed by atoms with Gasteiger partial charge in [-0.25, -0.2) is 0 Å². The highest BCUT2D eigenvalue weighted by Gasteiger charge is 2.78. The smallest absolute Gasteiger partial charge is 0.247 e. The first-order valence-corrected chi connectivity index (χ1v) is 15.2. The summed E-state index contributed by atoms with van der Waals surface area (Å²) in [6.07, 6.45) is 5.65. The molecule has 0 radical (unpaired) electrons. The molecule has 3 fully saturated rings. The Kier molecular flexibility index (Phi) is 8.63. The molecule has 3 saturated heterocycles. The number of benzene rings is 1. The second kappa shape index (κ2) is 11.4. The van der Waals surface area contributed by atoms with E-state index in [0.717, 1.165) is 18.4 Å². The lowest BCUT2D eigenvalue weighted by molar-refractivity contribution is -0.149. The number of fused-ring (bicyclic) bond motifs is 1. The number of aliphatic hydroxyl groups excluding tert-OH is 1. The van der Waals surface area contributed by atoms with Crippen molar-refractivity contribution in [1.82, 2.24) is 14.7 Å². The SMILES string of the molecule is C=CCN(CCC)C(=O)[C@H]1[C@H]2C(=O)N([C@H](CO)c3ccccc3)C(C(=O)N(CC=C)C(C)(C)C)C23CC[C@]1(C)S3. The molecule has 8 heteroatoms. The van der Waals surface area contributed by atoms with Crippen molar-refractivity contribution >= 4 is 29.5 Å². The third-order valence-electron chi connectivity index (χ3n) is 8.95. The molecule has 6 atom stereocenters. The molecule has 2 unspecified atom stereocenters. The summed E-state index contributed by atoms with van der Waals surface area (Å²) in [6, 6.07) is 7.89. The Hall–Kier alpha value is -2.58. The van der Waals surface area contributed by atoms with Gasteiger partial charge < -0.3 is 19.8 Å². The standard InChI is InChI=1S/C32H45N3O4S/c1-8-18-33(19-9-2)27(37)24-25-28(38)35(23(21-36)22-14-12-11-13-15-22)26(32(25)17-16-31(24,7)40-32)29(39)34(20-10-3)30(4,5)6/h8,10-15,23-26,36H,1,3,9,16-21H2,2,4-7H3/t23-,24-,25+,26?,31+,32?/m1/s1. The summed E-state index contributed by atoms with van der Waals surface area (Å²) in [6.45, 7) is 18.8. The first-order valence-electron chi connectivity index (χ1n) is 14.4. The van der Waals surface area contributed by atoms with E-state index in [4.69, 9.17) is 0 Å². The molecule has 0 saturated carbocycles. The van der Waals surface area contributed by atoms with Crippen molar-refractivity contribution in [3.63, 3.8) is 0 Å². The average molecular weight is 568 g/mol. The van der Waals surface area contributed by atoms with Gasteiger partial charge in [0.1, 0.15) is 6.04 Å². The van der Waals surface area contributed by atoms with E-state index in [1.165, 1.54) is 0 Å². The fourth-order valence-electron chi connectivity index (χ4n) is 7.27. The van der Waals surface area contributed by atoms with Crippen molar-refractivity contribution in [2.45, 2.75) is 81.0 Å². The van der Waals surface area contributed by atoms with Gasteiger partial charge in [0.15, 0.2) is 0 Å². The summed E-state index contributed by atoms with van der Waals surface area (Å²) in [5.41, 5.74) is 0.254. The first-order chi connectivity index (χ1) is 18.9. The number of hydrogen-bond acceptors (Lipinski definition) is 5. The highest BCUT2D eigenvalue weighted by Crippen LogP contribution is 2.72. The van der Waals surface area contributed by atoms with Crippen LogP contribution in [0, 0.1) is 11.8 Å². The predicted octanol–water partition coefficient (Wildman–Crippen LogP) is 4.44. The number of nitrogens with zero attached hydrogens (tertiary/aromatic N) is 3. The minimum Gasteiger partial charge on any atom is -0.394 e. The van der Waals surface area contributed by atoms with Crippen LogP contribution in [-0.2, 0) is 14.4 Å². The van der Waals surface area contributed by atoms with E-state index in [-0.39, 0.29) is 24.3 Å². The monoisotopic (exact) mass is 567 g/mol. The number of carbonyl (C=O) groups is 3. The molecule has 40 heavy (non-hydrogen) atoms. The van der Waals surface area contributed by atoms with Crippen molar-refractivity contribution in [3.8, 4) is 0 Å². The maximum atomic E-state index is 14.7. The Labute approximate surface area is 243 Å². The lowest BCUT2D eigenvalue weighted by atomic mass is 9.66. The van der Waals surface area contributed by atoms with Gasteiger partial charge in [-0.1, -0.05) is 49.4 Å². The molecule has 3 aliphatic rings. The van der Waals surface area contributed by atoms with Gasteiger partial charge in [-0.15, -0.1) is 24.9 Å². The fraction of sp³-hybridized carbons (Fsp3) is 0.594. The average Bonchev–Trinajstić information content (AvgIpc) is 3.48. The van der Waals surface area contributed by atoms with E-state index in [0.29, 0.717) is 26.1 Å². The van der Waals surface area contributed by atoms with Crippen LogP contribution in [0.2, 0.25) is 0 Å². The van der Waals surface area contributed by atoms with Gasteiger partial charge in [0.25, 0.3) is 0 Å². The molecule has 3 heterocycles. The molecule has 1 aromatic rings. The van der Waals surface area contributed by atoms with Crippen molar-refractivity contribution in [3.05, 3.63) is 61.2 Å². The lowest BCUT2D eigenvalue weighted by Gasteiger charge is -2.43. The van der Waals surface area contributed by atoms with E-state index in [9.17, 15) is 19.5 Å². The van der Waals surface area contributed by atoms with E-state index in [1.54, 1.807) is 33.7 Å². The summed E-state index contributed by atoms with van der Waals surface area (Å²) in [5.74, 6) is -1.60. The maximum absolute atomic E-state index is 14.7. The number of thioether (sulfide) groups is 1.